The van der Waals surface area contributed by atoms with Gasteiger partial charge in [-0.15, -0.1) is 0 Å². The third-order valence-corrected chi connectivity index (χ3v) is 3.23. The summed E-state index contributed by atoms with van der Waals surface area (Å²) < 4.78 is 5.34. The molecule has 1 fully saturated rings. The molecule has 1 atom stereocenters. The summed E-state index contributed by atoms with van der Waals surface area (Å²) in [4.78, 5) is 2.26. The van der Waals surface area contributed by atoms with Crippen molar-refractivity contribution in [1.82, 2.24) is 10.2 Å². The summed E-state index contributed by atoms with van der Waals surface area (Å²) in [6.45, 7) is 8.53. The molecule has 0 radical (unpaired) electrons. The van der Waals surface area contributed by atoms with Gasteiger partial charge in [0, 0.05) is 25.2 Å². The molecule has 1 aliphatic heterocycles. The van der Waals surface area contributed by atoms with Crippen LogP contribution in [-0.2, 0) is 4.74 Å². The Balaban J connectivity index is 2.13. The molecule has 3 heteroatoms. The second-order valence-corrected chi connectivity index (χ2v) is 5.07. The van der Waals surface area contributed by atoms with Crippen LogP contribution >= 0.6 is 0 Å². The van der Waals surface area contributed by atoms with Gasteiger partial charge in [0.2, 0.25) is 0 Å². The van der Waals surface area contributed by atoms with Crippen LogP contribution in [0, 0.1) is 5.92 Å². The van der Waals surface area contributed by atoms with Gasteiger partial charge in [-0.1, -0.05) is 0 Å². The van der Waals surface area contributed by atoms with Crippen LogP contribution in [0.4, 0.5) is 0 Å². The average Bonchev–Trinajstić information content (AvgIpc) is 2.56. The van der Waals surface area contributed by atoms with Gasteiger partial charge in [-0.05, 0) is 40.3 Å². The second kappa shape index (κ2) is 5.10. The standard InChI is InChI=1S/C11H24N2O/c1-11(2,13(3)4)9-12-7-10-5-6-14-8-10/h10,12H,5-9H2,1-4H3. The van der Waals surface area contributed by atoms with Crippen LogP contribution in [0.5, 0.6) is 0 Å². The first-order valence-electron chi connectivity index (χ1n) is 5.48. The van der Waals surface area contributed by atoms with Gasteiger partial charge in [0.15, 0.2) is 0 Å². The van der Waals surface area contributed by atoms with Gasteiger partial charge in [-0.25, -0.2) is 0 Å². The van der Waals surface area contributed by atoms with Gasteiger partial charge in [0.05, 0.1) is 6.61 Å². The zero-order valence-corrected chi connectivity index (χ0v) is 9.97. The zero-order valence-electron chi connectivity index (χ0n) is 9.97. The highest BCUT2D eigenvalue weighted by Crippen LogP contribution is 2.12. The Morgan fingerprint density at radius 1 is 1.43 bits per heavy atom. The number of nitrogens with one attached hydrogen (secondary N) is 1. The fourth-order valence-electron chi connectivity index (χ4n) is 1.48. The molecule has 3 nitrogen and oxygen atoms in total. The number of hydrogen-bond donors (Lipinski definition) is 1. The topological polar surface area (TPSA) is 24.5 Å². The third kappa shape index (κ3) is 3.56. The molecule has 0 aromatic carbocycles. The van der Waals surface area contributed by atoms with Crippen molar-refractivity contribution >= 4 is 0 Å². The molecule has 0 spiro atoms. The van der Waals surface area contributed by atoms with Crippen LogP contribution in [0.2, 0.25) is 0 Å². The normalized spacial score (nSPS) is 23.4. The molecule has 0 aromatic heterocycles. The molecule has 0 bridgehead atoms. The number of ether oxygens (including phenoxy) is 1. The fourth-order valence-corrected chi connectivity index (χ4v) is 1.48. The monoisotopic (exact) mass is 200 g/mol. The lowest BCUT2D eigenvalue weighted by Gasteiger charge is -2.33. The Labute approximate surface area is 87.8 Å². The molecule has 0 amide bonds. The summed E-state index contributed by atoms with van der Waals surface area (Å²) in [6, 6.07) is 0. The summed E-state index contributed by atoms with van der Waals surface area (Å²) in [5.41, 5.74) is 0.236. The minimum Gasteiger partial charge on any atom is -0.381 e. The zero-order chi connectivity index (χ0) is 10.6. The Bertz CT molecular complexity index is 163. The summed E-state index contributed by atoms with van der Waals surface area (Å²) in [7, 11) is 4.25. The van der Waals surface area contributed by atoms with Crippen molar-refractivity contribution in [1.29, 1.82) is 0 Å². The summed E-state index contributed by atoms with van der Waals surface area (Å²) >= 11 is 0. The Hall–Kier alpha value is -0.120. The van der Waals surface area contributed by atoms with E-state index in [2.05, 4.69) is 38.2 Å². The summed E-state index contributed by atoms with van der Waals surface area (Å²) in [5.74, 6) is 0.730. The first kappa shape index (κ1) is 12.0. The molecule has 1 rings (SSSR count). The highest BCUT2D eigenvalue weighted by atomic mass is 16.5. The highest BCUT2D eigenvalue weighted by Gasteiger charge is 2.21. The van der Waals surface area contributed by atoms with Gasteiger partial charge in [0.25, 0.3) is 0 Å². The maximum absolute atomic E-state index is 5.34. The van der Waals surface area contributed by atoms with Crippen molar-refractivity contribution in [3.05, 3.63) is 0 Å². The molecule has 0 aromatic rings. The van der Waals surface area contributed by atoms with Crippen molar-refractivity contribution in [2.24, 2.45) is 5.92 Å². The van der Waals surface area contributed by atoms with Crippen LogP contribution in [0.15, 0.2) is 0 Å². The lowest BCUT2D eigenvalue weighted by atomic mass is 10.0. The van der Waals surface area contributed by atoms with E-state index >= 15 is 0 Å². The van der Waals surface area contributed by atoms with Crippen LogP contribution < -0.4 is 5.32 Å². The largest absolute Gasteiger partial charge is 0.381 e. The van der Waals surface area contributed by atoms with E-state index in [1.165, 1.54) is 6.42 Å². The SMILES string of the molecule is CN(C)C(C)(C)CNCC1CCOC1. The van der Waals surface area contributed by atoms with E-state index < -0.39 is 0 Å². The molecule has 1 saturated heterocycles. The quantitative estimate of drug-likeness (QED) is 0.715. The highest BCUT2D eigenvalue weighted by molar-refractivity contribution is 4.80. The minimum atomic E-state index is 0.236. The van der Waals surface area contributed by atoms with Gasteiger partial charge in [-0.3, -0.25) is 0 Å². The molecule has 0 saturated carbocycles. The Kier molecular flexibility index (Phi) is 4.35. The van der Waals surface area contributed by atoms with Gasteiger partial charge < -0.3 is 15.0 Å². The van der Waals surface area contributed by atoms with Crippen LogP contribution in [0.3, 0.4) is 0 Å². The molecule has 1 unspecified atom stereocenters. The van der Waals surface area contributed by atoms with Crippen molar-refractivity contribution in [3.63, 3.8) is 0 Å². The van der Waals surface area contributed by atoms with E-state index in [0.717, 1.165) is 32.2 Å². The Morgan fingerprint density at radius 3 is 2.64 bits per heavy atom. The lowest BCUT2D eigenvalue weighted by molar-refractivity contribution is 0.175. The van der Waals surface area contributed by atoms with E-state index in [4.69, 9.17) is 4.74 Å². The maximum atomic E-state index is 5.34. The smallest absolute Gasteiger partial charge is 0.0507 e. The molecular weight excluding hydrogens is 176 g/mol. The number of hydrogen-bond acceptors (Lipinski definition) is 3. The van der Waals surface area contributed by atoms with Crippen LogP contribution in [0.1, 0.15) is 20.3 Å². The number of rotatable bonds is 5. The molecule has 1 aliphatic rings. The van der Waals surface area contributed by atoms with Crippen molar-refractivity contribution < 1.29 is 4.74 Å². The van der Waals surface area contributed by atoms with Crippen molar-refractivity contribution in [2.75, 3.05) is 40.4 Å². The molecule has 14 heavy (non-hydrogen) atoms. The first-order valence-corrected chi connectivity index (χ1v) is 5.48. The second-order valence-electron chi connectivity index (χ2n) is 5.07. The van der Waals surface area contributed by atoms with Gasteiger partial charge >= 0.3 is 0 Å². The number of likely N-dealkylation sites (N-methyl/N-ethyl adjacent to an activating group) is 1. The van der Waals surface area contributed by atoms with Crippen LogP contribution in [-0.4, -0.2) is 50.8 Å². The van der Waals surface area contributed by atoms with E-state index in [0.29, 0.717) is 0 Å². The van der Waals surface area contributed by atoms with Crippen LogP contribution in [0.25, 0.3) is 0 Å². The predicted octanol–water partition coefficient (Wildman–Crippen LogP) is 0.953. The maximum Gasteiger partial charge on any atom is 0.0507 e. The number of nitrogens with zero attached hydrogens (tertiary/aromatic N) is 1. The van der Waals surface area contributed by atoms with E-state index in [9.17, 15) is 0 Å². The molecule has 84 valence electrons. The van der Waals surface area contributed by atoms with Gasteiger partial charge in [0.1, 0.15) is 0 Å². The first-order chi connectivity index (χ1) is 6.52. The lowest BCUT2D eigenvalue weighted by Crippen LogP contribution is -2.47. The fraction of sp³-hybridized carbons (Fsp3) is 1.00. The Morgan fingerprint density at radius 2 is 2.14 bits per heavy atom. The summed E-state index contributed by atoms with van der Waals surface area (Å²) in [5, 5.41) is 3.53. The molecule has 0 aliphatic carbocycles. The van der Waals surface area contributed by atoms with E-state index in [1.807, 2.05) is 0 Å². The summed E-state index contributed by atoms with van der Waals surface area (Å²) in [6.07, 6.45) is 1.22. The van der Waals surface area contributed by atoms with E-state index in [1.54, 1.807) is 0 Å². The third-order valence-electron chi connectivity index (χ3n) is 3.23. The van der Waals surface area contributed by atoms with E-state index in [-0.39, 0.29) is 5.54 Å². The molecule has 1 N–H and O–H groups in total. The molecule has 1 heterocycles. The molecular formula is C11H24N2O. The predicted molar refractivity (Wildman–Crippen MR) is 59.6 cm³/mol. The average molecular weight is 200 g/mol. The van der Waals surface area contributed by atoms with Gasteiger partial charge in [-0.2, -0.15) is 0 Å². The minimum absolute atomic E-state index is 0.236. The van der Waals surface area contributed by atoms with Crippen molar-refractivity contribution in [2.45, 2.75) is 25.8 Å². The van der Waals surface area contributed by atoms with Crippen molar-refractivity contribution in [3.8, 4) is 0 Å².